The number of halogens is 2. The Morgan fingerprint density at radius 3 is 2.53 bits per heavy atom. The number of nitrogens with one attached hydrogen (secondary N) is 2. The number of hydrogen-bond acceptors (Lipinski definition) is 2. The maximum atomic E-state index is 6.01. The summed E-state index contributed by atoms with van der Waals surface area (Å²) in [7, 11) is 1.96. The zero-order valence-electron chi connectivity index (χ0n) is 8.82. The van der Waals surface area contributed by atoms with Crippen molar-refractivity contribution in [3.05, 3.63) is 28.2 Å². The second-order valence-electron chi connectivity index (χ2n) is 3.36. The van der Waals surface area contributed by atoms with Gasteiger partial charge in [0.25, 0.3) is 0 Å². The molecule has 0 aromatic heterocycles. The highest BCUT2D eigenvalue weighted by atomic mass is 35.5. The average molecular weight is 247 g/mol. The minimum Gasteiger partial charge on any atom is -0.384 e. The molecule has 15 heavy (non-hydrogen) atoms. The van der Waals surface area contributed by atoms with Crippen LogP contribution in [0, 0.1) is 0 Å². The Bertz CT molecular complexity index is 303. The summed E-state index contributed by atoms with van der Waals surface area (Å²) in [5.41, 5.74) is 0.950. The zero-order chi connectivity index (χ0) is 11.1. The molecule has 4 heteroatoms. The summed E-state index contributed by atoms with van der Waals surface area (Å²) in [5.74, 6) is 0. The molecule has 84 valence electrons. The molecule has 0 fully saturated rings. The molecule has 0 saturated heterocycles. The smallest absolute Gasteiger partial charge is 0.0652 e. The van der Waals surface area contributed by atoms with Crippen molar-refractivity contribution in [3.63, 3.8) is 0 Å². The van der Waals surface area contributed by atoms with Gasteiger partial charge in [-0.25, -0.2) is 0 Å². The number of rotatable bonds is 6. The van der Waals surface area contributed by atoms with Crippen LogP contribution in [0.15, 0.2) is 18.2 Å². The van der Waals surface area contributed by atoms with Gasteiger partial charge in [-0.15, -0.1) is 0 Å². The molecule has 0 bridgehead atoms. The average Bonchev–Trinajstić information content (AvgIpc) is 2.20. The Balaban J connectivity index is 2.31. The van der Waals surface area contributed by atoms with Crippen molar-refractivity contribution < 1.29 is 0 Å². The van der Waals surface area contributed by atoms with E-state index in [1.165, 1.54) is 0 Å². The van der Waals surface area contributed by atoms with Crippen molar-refractivity contribution in [1.82, 2.24) is 5.32 Å². The van der Waals surface area contributed by atoms with Gasteiger partial charge in [-0.1, -0.05) is 23.2 Å². The lowest BCUT2D eigenvalue weighted by molar-refractivity contribution is 0.694. The normalized spacial score (nSPS) is 10.3. The largest absolute Gasteiger partial charge is 0.384 e. The Hall–Kier alpha value is -0.440. The SMILES string of the molecule is CNCCCCNc1ccc(Cl)cc1Cl. The number of unbranched alkanes of at least 4 members (excludes halogenated alkanes) is 1. The van der Waals surface area contributed by atoms with Crippen molar-refractivity contribution in [2.45, 2.75) is 12.8 Å². The summed E-state index contributed by atoms with van der Waals surface area (Å²) < 4.78 is 0. The fourth-order valence-corrected chi connectivity index (χ4v) is 1.76. The maximum Gasteiger partial charge on any atom is 0.0652 e. The van der Waals surface area contributed by atoms with Gasteiger partial charge < -0.3 is 10.6 Å². The molecule has 0 aliphatic rings. The Morgan fingerprint density at radius 1 is 1.13 bits per heavy atom. The van der Waals surface area contributed by atoms with Gasteiger partial charge in [0.05, 0.1) is 10.7 Å². The standard InChI is InChI=1S/C11H16Cl2N2/c1-14-6-2-3-7-15-11-5-4-9(12)8-10(11)13/h4-5,8,14-15H,2-3,6-7H2,1H3. The van der Waals surface area contributed by atoms with E-state index >= 15 is 0 Å². The first-order valence-electron chi connectivity index (χ1n) is 5.07. The van der Waals surface area contributed by atoms with Crippen LogP contribution in [-0.4, -0.2) is 20.1 Å². The van der Waals surface area contributed by atoms with E-state index in [4.69, 9.17) is 23.2 Å². The third-order valence-corrected chi connectivity index (χ3v) is 2.65. The van der Waals surface area contributed by atoms with E-state index in [1.54, 1.807) is 6.07 Å². The molecule has 1 aromatic rings. The molecule has 0 radical (unpaired) electrons. The molecule has 0 amide bonds. The lowest BCUT2D eigenvalue weighted by atomic mass is 10.3. The van der Waals surface area contributed by atoms with E-state index in [0.29, 0.717) is 10.0 Å². The molecule has 0 saturated carbocycles. The van der Waals surface area contributed by atoms with Gasteiger partial charge in [0.1, 0.15) is 0 Å². The minimum atomic E-state index is 0.667. The highest BCUT2D eigenvalue weighted by Crippen LogP contribution is 2.25. The van der Waals surface area contributed by atoms with E-state index in [2.05, 4.69) is 10.6 Å². The number of anilines is 1. The highest BCUT2D eigenvalue weighted by Gasteiger charge is 1.99. The van der Waals surface area contributed by atoms with Gasteiger partial charge in [0.15, 0.2) is 0 Å². The quantitative estimate of drug-likeness (QED) is 0.753. The van der Waals surface area contributed by atoms with Crippen LogP contribution in [0.5, 0.6) is 0 Å². The highest BCUT2D eigenvalue weighted by molar-refractivity contribution is 6.36. The lowest BCUT2D eigenvalue weighted by Crippen LogP contribution is -2.10. The van der Waals surface area contributed by atoms with Gasteiger partial charge >= 0.3 is 0 Å². The van der Waals surface area contributed by atoms with E-state index in [0.717, 1.165) is 31.6 Å². The molecule has 2 nitrogen and oxygen atoms in total. The molecular weight excluding hydrogens is 231 g/mol. The Labute approximate surface area is 101 Å². The van der Waals surface area contributed by atoms with Gasteiger partial charge in [0.2, 0.25) is 0 Å². The fourth-order valence-electron chi connectivity index (χ4n) is 1.28. The molecule has 1 aromatic carbocycles. The summed E-state index contributed by atoms with van der Waals surface area (Å²) in [6, 6.07) is 5.49. The Kier molecular flexibility index (Phi) is 5.84. The Morgan fingerprint density at radius 2 is 1.87 bits per heavy atom. The van der Waals surface area contributed by atoms with E-state index < -0.39 is 0 Å². The summed E-state index contributed by atoms with van der Waals surface area (Å²) in [4.78, 5) is 0. The van der Waals surface area contributed by atoms with Crippen molar-refractivity contribution in [2.75, 3.05) is 25.5 Å². The lowest BCUT2D eigenvalue weighted by Gasteiger charge is -2.08. The third kappa shape index (κ3) is 4.74. The van der Waals surface area contributed by atoms with Gasteiger partial charge in [-0.05, 0) is 44.6 Å². The zero-order valence-corrected chi connectivity index (χ0v) is 10.3. The maximum absolute atomic E-state index is 6.01. The first kappa shape index (κ1) is 12.6. The molecule has 0 unspecified atom stereocenters. The van der Waals surface area contributed by atoms with Crippen molar-refractivity contribution in [2.24, 2.45) is 0 Å². The first-order valence-corrected chi connectivity index (χ1v) is 5.83. The molecule has 0 aliphatic heterocycles. The van der Waals surface area contributed by atoms with Crippen LogP contribution in [0.4, 0.5) is 5.69 Å². The second-order valence-corrected chi connectivity index (χ2v) is 4.21. The molecule has 0 heterocycles. The van der Waals surface area contributed by atoms with Gasteiger partial charge in [0, 0.05) is 11.6 Å². The molecule has 2 N–H and O–H groups in total. The molecule has 0 atom stereocenters. The molecule has 1 rings (SSSR count). The van der Waals surface area contributed by atoms with Crippen LogP contribution in [0.25, 0.3) is 0 Å². The van der Waals surface area contributed by atoms with Crippen LogP contribution in [0.1, 0.15) is 12.8 Å². The number of hydrogen-bond donors (Lipinski definition) is 2. The van der Waals surface area contributed by atoms with E-state index in [9.17, 15) is 0 Å². The minimum absolute atomic E-state index is 0.667. The summed E-state index contributed by atoms with van der Waals surface area (Å²) in [6.45, 7) is 1.99. The van der Waals surface area contributed by atoms with Crippen molar-refractivity contribution in [3.8, 4) is 0 Å². The predicted octanol–water partition coefficient (Wildman–Crippen LogP) is 3.40. The fraction of sp³-hybridized carbons (Fsp3) is 0.455. The monoisotopic (exact) mass is 246 g/mol. The van der Waals surface area contributed by atoms with Crippen LogP contribution in [0.2, 0.25) is 10.0 Å². The molecule has 0 aliphatic carbocycles. The second kappa shape index (κ2) is 6.94. The third-order valence-electron chi connectivity index (χ3n) is 2.10. The summed E-state index contributed by atoms with van der Waals surface area (Å²) in [6.07, 6.45) is 2.29. The molecule has 0 spiro atoms. The van der Waals surface area contributed by atoms with Crippen LogP contribution >= 0.6 is 23.2 Å². The summed E-state index contributed by atoms with van der Waals surface area (Å²) in [5, 5.41) is 7.74. The number of benzene rings is 1. The van der Waals surface area contributed by atoms with Crippen LogP contribution in [-0.2, 0) is 0 Å². The van der Waals surface area contributed by atoms with Crippen LogP contribution < -0.4 is 10.6 Å². The summed E-state index contributed by atoms with van der Waals surface area (Å²) >= 11 is 11.8. The van der Waals surface area contributed by atoms with Crippen molar-refractivity contribution in [1.29, 1.82) is 0 Å². The van der Waals surface area contributed by atoms with Gasteiger partial charge in [-0.3, -0.25) is 0 Å². The topological polar surface area (TPSA) is 24.1 Å². The van der Waals surface area contributed by atoms with Gasteiger partial charge in [-0.2, -0.15) is 0 Å². The first-order chi connectivity index (χ1) is 7.24. The molecular formula is C11H16Cl2N2. The van der Waals surface area contributed by atoms with Crippen LogP contribution in [0.3, 0.4) is 0 Å². The van der Waals surface area contributed by atoms with E-state index in [-0.39, 0.29) is 0 Å². The van der Waals surface area contributed by atoms with Crippen molar-refractivity contribution >= 4 is 28.9 Å². The van der Waals surface area contributed by atoms with E-state index in [1.807, 2.05) is 19.2 Å². The predicted molar refractivity (Wildman–Crippen MR) is 68.1 cm³/mol.